The van der Waals surface area contributed by atoms with E-state index in [-0.39, 0.29) is 0 Å². The molecule has 0 aromatic heterocycles. The first-order valence-corrected chi connectivity index (χ1v) is 9.04. The molecule has 1 unspecified atom stereocenters. The number of piperidine rings is 1. The van der Waals surface area contributed by atoms with Crippen LogP contribution in [-0.4, -0.2) is 37.1 Å². The van der Waals surface area contributed by atoms with Gasteiger partial charge in [-0.1, -0.05) is 40.0 Å². The van der Waals surface area contributed by atoms with Crippen LogP contribution in [0.25, 0.3) is 0 Å². The third kappa shape index (κ3) is 3.04. The molecule has 2 saturated heterocycles. The molecular formula is C17H25BrN2. The fraction of sp³-hybridized carbons (Fsp3) is 0.647. The van der Waals surface area contributed by atoms with E-state index >= 15 is 0 Å². The topological polar surface area (TPSA) is 6.48 Å². The van der Waals surface area contributed by atoms with Gasteiger partial charge in [0.1, 0.15) is 0 Å². The summed E-state index contributed by atoms with van der Waals surface area (Å²) in [6.07, 6.45) is 5.55. The molecule has 1 atom stereocenters. The van der Waals surface area contributed by atoms with Gasteiger partial charge < -0.3 is 4.90 Å². The molecule has 0 radical (unpaired) electrons. The summed E-state index contributed by atoms with van der Waals surface area (Å²) in [5.74, 6) is 0. The van der Waals surface area contributed by atoms with Gasteiger partial charge in [-0.05, 0) is 50.9 Å². The Kier molecular flexibility index (Phi) is 4.67. The lowest BCUT2D eigenvalue weighted by molar-refractivity contribution is 0.175. The first kappa shape index (κ1) is 14.4. The van der Waals surface area contributed by atoms with Crippen molar-refractivity contribution in [2.24, 2.45) is 0 Å². The number of hydrogen-bond donors (Lipinski definition) is 0. The van der Waals surface area contributed by atoms with Crippen molar-refractivity contribution >= 4 is 21.6 Å². The van der Waals surface area contributed by atoms with Crippen LogP contribution in [0.15, 0.2) is 18.2 Å². The number of nitrogens with zero attached hydrogens (tertiary/aromatic N) is 2. The summed E-state index contributed by atoms with van der Waals surface area (Å²) in [5, 5.41) is 0.953. The summed E-state index contributed by atoms with van der Waals surface area (Å²) in [5.41, 5.74) is 4.23. The maximum atomic E-state index is 3.64. The quantitative estimate of drug-likeness (QED) is 0.771. The third-order valence-electron chi connectivity index (χ3n) is 4.79. The fourth-order valence-electron chi connectivity index (χ4n) is 3.67. The second-order valence-corrected chi connectivity index (χ2v) is 6.81. The van der Waals surface area contributed by atoms with Gasteiger partial charge in [0.2, 0.25) is 0 Å². The highest BCUT2D eigenvalue weighted by Gasteiger charge is 2.29. The van der Waals surface area contributed by atoms with Crippen molar-refractivity contribution in [2.75, 3.05) is 31.1 Å². The molecule has 0 N–H and O–H groups in total. The number of benzene rings is 1. The van der Waals surface area contributed by atoms with Crippen LogP contribution in [-0.2, 0) is 5.33 Å². The molecule has 2 aliphatic heterocycles. The molecule has 3 heteroatoms. The zero-order valence-electron chi connectivity index (χ0n) is 12.4. The van der Waals surface area contributed by atoms with Crippen LogP contribution in [0, 0.1) is 6.92 Å². The van der Waals surface area contributed by atoms with Crippen molar-refractivity contribution in [3.05, 3.63) is 29.3 Å². The first-order valence-electron chi connectivity index (χ1n) is 7.92. The van der Waals surface area contributed by atoms with E-state index in [0.717, 1.165) is 11.4 Å². The molecule has 2 nitrogen and oxygen atoms in total. The number of likely N-dealkylation sites (tertiary alicyclic amines) is 1. The average molecular weight is 337 g/mol. The smallest absolute Gasteiger partial charge is 0.0408 e. The van der Waals surface area contributed by atoms with Crippen LogP contribution in [0.5, 0.6) is 0 Å². The largest absolute Gasteiger partial charge is 0.370 e. The molecule has 110 valence electrons. The molecular weight excluding hydrogens is 312 g/mol. The van der Waals surface area contributed by atoms with E-state index in [2.05, 4.69) is 50.9 Å². The van der Waals surface area contributed by atoms with Gasteiger partial charge in [-0.15, -0.1) is 0 Å². The average Bonchev–Trinajstić information content (AvgIpc) is 2.97. The Labute approximate surface area is 131 Å². The molecule has 2 fully saturated rings. The van der Waals surface area contributed by atoms with E-state index in [4.69, 9.17) is 0 Å². The minimum Gasteiger partial charge on any atom is -0.370 e. The summed E-state index contributed by atoms with van der Waals surface area (Å²) in [7, 11) is 0. The molecule has 0 amide bonds. The van der Waals surface area contributed by atoms with Crippen molar-refractivity contribution in [3.63, 3.8) is 0 Å². The van der Waals surface area contributed by atoms with E-state index < -0.39 is 0 Å². The van der Waals surface area contributed by atoms with Crippen LogP contribution < -0.4 is 4.90 Å². The van der Waals surface area contributed by atoms with Gasteiger partial charge in [-0.2, -0.15) is 0 Å². The summed E-state index contributed by atoms with van der Waals surface area (Å²) in [4.78, 5) is 5.32. The number of alkyl halides is 1. The Hall–Kier alpha value is -0.540. The highest BCUT2D eigenvalue weighted by molar-refractivity contribution is 9.08. The number of aryl methyl sites for hydroxylation is 1. The van der Waals surface area contributed by atoms with Crippen molar-refractivity contribution in [1.82, 2.24) is 4.90 Å². The van der Waals surface area contributed by atoms with Crippen molar-refractivity contribution in [3.8, 4) is 0 Å². The Morgan fingerprint density at radius 2 is 1.95 bits per heavy atom. The standard InChI is InChI=1S/C17H25BrN2/c1-14-5-6-17(15(11-14)12-18)20-10-7-16(13-20)19-8-3-2-4-9-19/h5-6,11,16H,2-4,7-10,12-13H2,1H3. The van der Waals surface area contributed by atoms with Gasteiger partial charge in [-0.3, -0.25) is 4.90 Å². The number of halogens is 1. The molecule has 3 rings (SSSR count). The SMILES string of the molecule is Cc1ccc(N2CCC(N3CCCCC3)C2)c(CBr)c1. The molecule has 2 aliphatic rings. The lowest BCUT2D eigenvalue weighted by atomic mass is 10.1. The van der Waals surface area contributed by atoms with E-state index in [0.29, 0.717) is 0 Å². The molecule has 0 saturated carbocycles. The normalized spacial score (nSPS) is 24.3. The second-order valence-electron chi connectivity index (χ2n) is 6.25. The Morgan fingerprint density at radius 3 is 2.70 bits per heavy atom. The fourth-order valence-corrected chi connectivity index (χ4v) is 4.12. The van der Waals surface area contributed by atoms with Gasteiger partial charge in [0.05, 0.1) is 0 Å². The molecule has 0 bridgehead atoms. The van der Waals surface area contributed by atoms with Crippen LogP contribution in [0.2, 0.25) is 0 Å². The van der Waals surface area contributed by atoms with Gasteiger partial charge >= 0.3 is 0 Å². The van der Waals surface area contributed by atoms with Crippen LogP contribution in [0.4, 0.5) is 5.69 Å². The highest BCUT2D eigenvalue weighted by atomic mass is 79.9. The summed E-state index contributed by atoms with van der Waals surface area (Å²) >= 11 is 3.64. The Bertz CT molecular complexity index is 454. The minimum absolute atomic E-state index is 0.778. The number of hydrogen-bond acceptors (Lipinski definition) is 2. The van der Waals surface area contributed by atoms with E-state index in [1.54, 1.807) is 0 Å². The lowest BCUT2D eigenvalue weighted by Crippen LogP contribution is -2.40. The zero-order valence-corrected chi connectivity index (χ0v) is 14.0. The van der Waals surface area contributed by atoms with Gasteiger partial charge in [0.25, 0.3) is 0 Å². The summed E-state index contributed by atoms with van der Waals surface area (Å²) in [6.45, 7) is 7.24. The Morgan fingerprint density at radius 1 is 1.15 bits per heavy atom. The monoisotopic (exact) mass is 336 g/mol. The summed E-state index contributed by atoms with van der Waals surface area (Å²) in [6, 6.07) is 7.65. The number of rotatable bonds is 3. The maximum absolute atomic E-state index is 3.64. The van der Waals surface area contributed by atoms with Gasteiger partial charge in [-0.25, -0.2) is 0 Å². The number of anilines is 1. The van der Waals surface area contributed by atoms with Crippen LogP contribution in [0.1, 0.15) is 36.8 Å². The third-order valence-corrected chi connectivity index (χ3v) is 5.39. The van der Waals surface area contributed by atoms with Crippen molar-refractivity contribution < 1.29 is 0 Å². The van der Waals surface area contributed by atoms with Gasteiger partial charge in [0.15, 0.2) is 0 Å². The van der Waals surface area contributed by atoms with Crippen LogP contribution in [0.3, 0.4) is 0 Å². The van der Waals surface area contributed by atoms with Crippen LogP contribution >= 0.6 is 15.9 Å². The first-order chi connectivity index (χ1) is 9.78. The van der Waals surface area contributed by atoms with Crippen molar-refractivity contribution in [1.29, 1.82) is 0 Å². The maximum Gasteiger partial charge on any atom is 0.0408 e. The minimum atomic E-state index is 0.778. The molecule has 1 aromatic rings. The van der Waals surface area contributed by atoms with Crippen molar-refractivity contribution in [2.45, 2.75) is 44.0 Å². The predicted molar refractivity (Wildman–Crippen MR) is 89.9 cm³/mol. The highest BCUT2D eigenvalue weighted by Crippen LogP contribution is 2.29. The molecule has 1 aromatic carbocycles. The molecule has 20 heavy (non-hydrogen) atoms. The summed E-state index contributed by atoms with van der Waals surface area (Å²) < 4.78 is 0. The van der Waals surface area contributed by atoms with Gasteiger partial charge in [0, 0.05) is 30.1 Å². The second kappa shape index (κ2) is 6.48. The molecule has 0 spiro atoms. The van der Waals surface area contributed by atoms with E-state index in [9.17, 15) is 0 Å². The molecule has 0 aliphatic carbocycles. The zero-order chi connectivity index (χ0) is 13.9. The lowest BCUT2D eigenvalue weighted by Gasteiger charge is -2.32. The van der Waals surface area contributed by atoms with E-state index in [1.165, 1.54) is 68.7 Å². The molecule has 2 heterocycles. The predicted octanol–water partition coefficient (Wildman–Crippen LogP) is 3.95. The Balaban J connectivity index is 1.70. The van der Waals surface area contributed by atoms with E-state index in [1.807, 2.05) is 0 Å².